The molecule has 0 aliphatic rings. The van der Waals surface area contributed by atoms with Crippen LogP contribution in [0.25, 0.3) is 0 Å². The van der Waals surface area contributed by atoms with Crippen molar-refractivity contribution in [1.82, 2.24) is 0 Å². The summed E-state index contributed by atoms with van der Waals surface area (Å²) in [6, 6.07) is 0. The fourth-order valence-corrected chi connectivity index (χ4v) is 1.77. The summed E-state index contributed by atoms with van der Waals surface area (Å²) in [5, 5.41) is 0. The van der Waals surface area contributed by atoms with Crippen LogP contribution in [-0.2, 0) is 3.63 Å². The highest BCUT2D eigenvalue weighted by Gasteiger charge is 1.90. The summed E-state index contributed by atoms with van der Waals surface area (Å²) in [5.41, 5.74) is 10.6. The zero-order valence-corrected chi connectivity index (χ0v) is 8.26. The van der Waals surface area contributed by atoms with Gasteiger partial charge in [-0.3, -0.25) is 0 Å². The maximum Gasteiger partial charge on any atom is 0.0222 e. The molecule has 4 N–H and O–H groups in total. The minimum absolute atomic E-state index is 0.740. The minimum atomic E-state index is 0.740. The molecule has 0 radical (unpaired) electrons. The van der Waals surface area contributed by atoms with Gasteiger partial charge in [0.2, 0.25) is 0 Å². The molecular weight excluding hydrogens is 180 g/mol. The monoisotopic (exact) mass is 196 g/mol. The molecule has 0 aromatic carbocycles. The van der Waals surface area contributed by atoms with Gasteiger partial charge in [0, 0.05) is 35.6 Å². The van der Waals surface area contributed by atoms with Crippen molar-refractivity contribution in [2.45, 2.75) is 12.8 Å². The summed E-state index contributed by atoms with van der Waals surface area (Å²) in [6.45, 7) is 1.48. The Morgan fingerprint density at radius 2 is 1.36 bits per heavy atom. The molecule has 0 amide bonds. The van der Waals surface area contributed by atoms with Crippen LogP contribution in [0.1, 0.15) is 12.8 Å². The van der Waals surface area contributed by atoms with E-state index in [2.05, 4.69) is 0 Å². The van der Waals surface area contributed by atoms with E-state index in [1.54, 1.807) is 0 Å². The van der Waals surface area contributed by atoms with Crippen LogP contribution in [0, 0.1) is 0 Å². The lowest BCUT2D eigenvalue weighted by molar-refractivity contribution is 0.745. The Kier molecular flexibility index (Phi) is 11.1. The van der Waals surface area contributed by atoms with Crippen LogP contribution < -0.4 is 11.5 Å². The lowest BCUT2D eigenvalue weighted by Gasteiger charge is -1.98. The molecule has 0 aliphatic carbocycles. The second-order valence-electron chi connectivity index (χ2n) is 2.00. The van der Waals surface area contributed by atoms with Crippen LogP contribution >= 0.6 is 24.1 Å². The first-order valence-electron chi connectivity index (χ1n) is 3.73. The van der Waals surface area contributed by atoms with Crippen LogP contribution in [0.15, 0.2) is 0 Å². The van der Waals surface area contributed by atoms with E-state index in [-0.39, 0.29) is 0 Å². The van der Waals surface area contributed by atoms with Gasteiger partial charge in [0.25, 0.3) is 0 Å². The highest BCUT2D eigenvalue weighted by atomic mass is 32.2. The van der Waals surface area contributed by atoms with Crippen molar-refractivity contribution in [3.63, 3.8) is 0 Å². The summed E-state index contributed by atoms with van der Waals surface area (Å²) >= 11 is 2.94. The van der Waals surface area contributed by atoms with Gasteiger partial charge < -0.3 is 11.5 Å². The largest absolute Gasteiger partial charge is 0.330 e. The molecule has 0 saturated heterocycles. The summed E-state index contributed by atoms with van der Waals surface area (Å²) < 4.78 is 5.16. The second-order valence-corrected chi connectivity index (χ2v) is 3.83. The number of rotatable bonds is 8. The van der Waals surface area contributed by atoms with Gasteiger partial charge in [0.05, 0.1) is 0 Å². The Balaban J connectivity index is 2.69. The van der Waals surface area contributed by atoms with Crippen molar-refractivity contribution in [3.8, 4) is 0 Å². The first-order chi connectivity index (χ1) is 5.41. The Labute approximate surface area is 77.0 Å². The van der Waals surface area contributed by atoms with Crippen LogP contribution in [0.3, 0.4) is 0 Å². The standard InChI is InChI=1S/C6H16N2OS2/c7-3-1-5-10-9-11-6-2-4-8/h1-8H2. The van der Waals surface area contributed by atoms with Gasteiger partial charge in [0.15, 0.2) is 0 Å². The average Bonchev–Trinajstić information content (AvgIpc) is 2.03. The highest BCUT2D eigenvalue weighted by Crippen LogP contribution is 2.15. The third-order valence-electron chi connectivity index (χ3n) is 0.960. The summed E-state index contributed by atoms with van der Waals surface area (Å²) in [6.07, 6.45) is 2.03. The summed E-state index contributed by atoms with van der Waals surface area (Å²) in [4.78, 5) is 0. The smallest absolute Gasteiger partial charge is 0.0222 e. The normalized spacial score (nSPS) is 10.4. The second kappa shape index (κ2) is 10.6. The third-order valence-corrected chi connectivity index (χ3v) is 2.64. The van der Waals surface area contributed by atoms with Gasteiger partial charge in [-0.05, 0) is 25.9 Å². The van der Waals surface area contributed by atoms with Gasteiger partial charge in [-0.25, -0.2) is 3.63 Å². The van der Waals surface area contributed by atoms with E-state index in [1.807, 2.05) is 0 Å². The number of hydrogen-bond acceptors (Lipinski definition) is 5. The lowest BCUT2D eigenvalue weighted by Crippen LogP contribution is -2.00. The molecule has 0 fully saturated rings. The molecule has 3 nitrogen and oxygen atoms in total. The van der Waals surface area contributed by atoms with Crippen molar-refractivity contribution < 1.29 is 3.63 Å². The lowest BCUT2D eigenvalue weighted by atomic mass is 10.5. The third kappa shape index (κ3) is 10.6. The molecule has 0 aliphatic heterocycles. The molecule has 0 bridgehead atoms. The van der Waals surface area contributed by atoms with E-state index in [0.29, 0.717) is 0 Å². The van der Waals surface area contributed by atoms with Crippen molar-refractivity contribution in [3.05, 3.63) is 0 Å². The topological polar surface area (TPSA) is 61.3 Å². The molecule has 0 spiro atoms. The zero-order chi connectivity index (χ0) is 8.36. The van der Waals surface area contributed by atoms with Crippen LogP contribution in [0.4, 0.5) is 0 Å². The van der Waals surface area contributed by atoms with Crippen molar-refractivity contribution >= 4 is 24.1 Å². The van der Waals surface area contributed by atoms with Crippen LogP contribution in [-0.4, -0.2) is 24.6 Å². The molecule has 0 saturated carbocycles. The fraction of sp³-hybridized carbons (Fsp3) is 1.00. The van der Waals surface area contributed by atoms with Crippen LogP contribution in [0.2, 0.25) is 0 Å². The van der Waals surface area contributed by atoms with E-state index in [4.69, 9.17) is 15.1 Å². The van der Waals surface area contributed by atoms with E-state index >= 15 is 0 Å². The summed E-state index contributed by atoms with van der Waals surface area (Å²) in [5.74, 6) is 1.96. The zero-order valence-electron chi connectivity index (χ0n) is 6.62. The Hall–Kier alpha value is 0.580. The molecule has 0 atom stereocenters. The van der Waals surface area contributed by atoms with E-state index in [0.717, 1.165) is 37.4 Å². The molecule has 5 heteroatoms. The van der Waals surface area contributed by atoms with Crippen molar-refractivity contribution in [2.24, 2.45) is 11.5 Å². The molecule has 11 heavy (non-hydrogen) atoms. The SMILES string of the molecule is NCCCSOSCCCN. The molecule has 0 rings (SSSR count). The molecule has 0 aromatic heterocycles. The maximum atomic E-state index is 5.30. The van der Waals surface area contributed by atoms with E-state index < -0.39 is 0 Å². The van der Waals surface area contributed by atoms with Gasteiger partial charge >= 0.3 is 0 Å². The van der Waals surface area contributed by atoms with Crippen molar-refractivity contribution in [1.29, 1.82) is 0 Å². The predicted octanol–water partition coefficient (Wildman–Crippen LogP) is 0.997. The Morgan fingerprint density at radius 1 is 0.909 bits per heavy atom. The highest BCUT2D eigenvalue weighted by molar-refractivity contribution is 8.07. The predicted molar refractivity (Wildman–Crippen MR) is 53.3 cm³/mol. The van der Waals surface area contributed by atoms with Gasteiger partial charge in [-0.2, -0.15) is 0 Å². The average molecular weight is 196 g/mol. The molecular formula is C6H16N2OS2. The summed E-state index contributed by atoms with van der Waals surface area (Å²) in [7, 11) is 0. The van der Waals surface area contributed by atoms with E-state index in [9.17, 15) is 0 Å². The van der Waals surface area contributed by atoms with Gasteiger partial charge in [-0.1, -0.05) is 0 Å². The minimum Gasteiger partial charge on any atom is -0.330 e. The Bertz CT molecular complexity index is 67.6. The maximum absolute atomic E-state index is 5.30. The van der Waals surface area contributed by atoms with Gasteiger partial charge in [-0.15, -0.1) is 0 Å². The molecule has 0 heterocycles. The molecule has 68 valence electrons. The van der Waals surface area contributed by atoms with E-state index in [1.165, 1.54) is 24.1 Å². The number of hydrogen-bond donors (Lipinski definition) is 2. The Morgan fingerprint density at radius 3 is 1.73 bits per heavy atom. The molecule has 0 unspecified atom stereocenters. The quantitative estimate of drug-likeness (QED) is 0.448. The van der Waals surface area contributed by atoms with Crippen molar-refractivity contribution in [2.75, 3.05) is 24.6 Å². The first kappa shape index (κ1) is 11.6. The number of nitrogens with two attached hydrogens (primary N) is 2. The fourth-order valence-electron chi connectivity index (χ4n) is 0.387. The van der Waals surface area contributed by atoms with Crippen LogP contribution in [0.5, 0.6) is 0 Å². The first-order valence-corrected chi connectivity index (χ1v) is 5.55. The molecule has 0 aromatic rings. The van der Waals surface area contributed by atoms with Gasteiger partial charge in [0.1, 0.15) is 0 Å².